The summed E-state index contributed by atoms with van der Waals surface area (Å²) in [6.45, 7) is 3.07. The molecule has 1 heterocycles. The summed E-state index contributed by atoms with van der Waals surface area (Å²) in [4.78, 5) is 13.5. The molecule has 0 amide bonds. The zero-order chi connectivity index (χ0) is 11.5. The maximum absolute atomic E-state index is 10.5. The van der Waals surface area contributed by atoms with Gasteiger partial charge < -0.3 is 20.0 Å². The molecule has 15 heavy (non-hydrogen) atoms. The van der Waals surface area contributed by atoms with Gasteiger partial charge in [0.25, 0.3) is 0 Å². The molecule has 0 unspecified atom stereocenters. The third-order valence-corrected chi connectivity index (χ3v) is 1.50. The number of nitro groups is 1. The number of hydrogen-bond donors (Lipinski definition) is 1. The molecule has 1 N–H and O–H groups in total. The minimum atomic E-state index is -1.04. The van der Waals surface area contributed by atoms with Gasteiger partial charge in [-0.05, 0) is 35.9 Å². The molecular weight excluding hydrogens is 200 g/mol. The molecule has 6 heteroatoms. The predicted octanol–water partition coefficient (Wildman–Crippen LogP) is 1.14. The van der Waals surface area contributed by atoms with Gasteiger partial charge in [0.2, 0.25) is 5.75 Å². The molecule has 0 aliphatic heterocycles. The van der Waals surface area contributed by atoms with Crippen LogP contribution in [0.1, 0.15) is 13.8 Å². The first-order chi connectivity index (χ1) is 6.90. The van der Waals surface area contributed by atoms with Crippen molar-refractivity contribution in [1.82, 2.24) is 4.98 Å². The van der Waals surface area contributed by atoms with E-state index in [0.29, 0.717) is 0 Å². The van der Waals surface area contributed by atoms with Crippen molar-refractivity contribution in [3.05, 3.63) is 28.4 Å². The van der Waals surface area contributed by atoms with E-state index in [9.17, 15) is 15.2 Å². The highest BCUT2D eigenvalue weighted by Gasteiger charge is 2.19. The number of pyridine rings is 1. The molecule has 0 aromatic carbocycles. The highest BCUT2D eigenvalue weighted by Crippen LogP contribution is 2.23. The summed E-state index contributed by atoms with van der Waals surface area (Å²) in [6, 6.07) is 2.98. The van der Waals surface area contributed by atoms with Crippen LogP contribution in [0.2, 0.25) is 0 Å². The van der Waals surface area contributed by atoms with Crippen LogP contribution in [-0.4, -0.2) is 27.2 Å². The van der Waals surface area contributed by atoms with Crippen molar-refractivity contribution in [2.45, 2.75) is 19.4 Å². The van der Waals surface area contributed by atoms with Crippen molar-refractivity contribution in [2.75, 3.05) is 6.61 Å². The number of aliphatic hydroxyl groups is 1. The van der Waals surface area contributed by atoms with Crippen LogP contribution in [0.3, 0.4) is 0 Å². The standard InChI is InChI=1S/C9H12N2O4/c1-9(2,12)6-15-7-4-3-5-10-8(7)11(13)14/h3-5,12H,6H2,1-2H3. The lowest BCUT2D eigenvalue weighted by molar-refractivity contribution is -0.390. The summed E-state index contributed by atoms with van der Waals surface area (Å²) < 4.78 is 5.11. The monoisotopic (exact) mass is 212 g/mol. The second-order valence-corrected chi connectivity index (χ2v) is 3.68. The lowest BCUT2D eigenvalue weighted by atomic mass is 10.2. The molecule has 0 spiro atoms. The second kappa shape index (κ2) is 4.22. The highest BCUT2D eigenvalue weighted by molar-refractivity contribution is 5.38. The second-order valence-electron chi connectivity index (χ2n) is 3.68. The molecule has 6 nitrogen and oxygen atoms in total. The van der Waals surface area contributed by atoms with Crippen LogP contribution in [-0.2, 0) is 0 Å². The fourth-order valence-electron chi connectivity index (χ4n) is 0.886. The molecule has 0 aliphatic carbocycles. The van der Waals surface area contributed by atoms with Crippen molar-refractivity contribution < 1.29 is 14.8 Å². The molecule has 1 rings (SSSR count). The lowest BCUT2D eigenvalue weighted by Crippen LogP contribution is -2.28. The Morgan fingerprint density at radius 2 is 2.33 bits per heavy atom. The quantitative estimate of drug-likeness (QED) is 0.597. The van der Waals surface area contributed by atoms with E-state index in [1.165, 1.54) is 18.3 Å². The number of rotatable bonds is 4. The zero-order valence-electron chi connectivity index (χ0n) is 8.51. The van der Waals surface area contributed by atoms with Crippen LogP contribution < -0.4 is 4.74 Å². The van der Waals surface area contributed by atoms with Gasteiger partial charge in [0, 0.05) is 0 Å². The van der Waals surface area contributed by atoms with E-state index < -0.39 is 10.5 Å². The van der Waals surface area contributed by atoms with Gasteiger partial charge in [-0.15, -0.1) is 0 Å². The van der Waals surface area contributed by atoms with E-state index in [-0.39, 0.29) is 18.2 Å². The number of nitrogens with zero attached hydrogens (tertiary/aromatic N) is 2. The highest BCUT2D eigenvalue weighted by atomic mass is 16.6. The summed E-state index contributed by atoms with van der Waals surface area (Å²) in [5, 5.41) is 19.9. The van der Waals surface area contributed by atoms with E-state index in [2.05, 4.69) is 4.98 Å². The Kier molecular flexibility index (Phi) is 3.21. The lowest BCUT2D eigenvalue weighted by Gasteiger charge is -2.17. The van der Waals surface area contributed by atoms with E-state index in [1.807, 2.05) is 0 Å². The van der Waals surface area contributed by atoms with E-state index in [1.54, 1.807) is 13.8 Å². The molecule has 0 radical (unpaired) electrons. The average Bonchev–Trinajstić information content (AvgIpc) is 2.14. The van der Waals surface area contributed by atoms with Gasteiger partial charge in [-0.1, -0.05) is 0 Å². The first kappa shape index (κ1) is 11.4. The molecular formula is C9H12N2O4. The Bertz CT molecular complexity index is 359. The van der Waals surface area contributed by atoms with Crippen molar-refractivity contribution in [2.24, 2.45) is 0 Å². The van der Waals surface area contributed by atoms with E-state index >= 15 is 0 Å². The van der Waals surface area contributed by atoms with Gasteiger partial charge in [-0.3, -0.25) is 0 Å². The van der Waals surface area contributed by atoms with Gasteiger partial charge in [-0.2, -0.15) is 0 Å². The Labute approximate surface area is 86.7 Å². The maximum Gasteiger partial charge on any atom is 0.406 e. The third-order valence-electron chi connectivity index (χ3n) is 1.50. The summed E-state index contributed by atoms with van der Waals surface area (Å²) in [7, 11) is 0. The zero-order valence-corrected chi connectivity index (χ0v) is 8.51. The third kappa shape index (κ3) is 3.51. The van der Waals surface area contributed by atoms with Crippen LogP contribution in [0.15, 0.2) is 18.3 Å². The summed E-state index contributed by atoms with van der Waals surface area (Å²) in [5.41, 5.74) is -1.04. The molecule has 0 saturated carbocycles. The molecule has 1 aromatic rings. The van der Waals surface area contributed by atoms with Gasteiger partial charge in [-0.25, -0.2) is 0 Å². The molecule has 0 bridgehead atoms. The van der Waals surface area contributed by atoms with Gasteiger partial charge >= 0.3 is 5.82 Å². The minimum Gasteiger partial charge on any atom is -0.483 e. The van der Waals surface area contributed by atoms with Gasteiger partial charge in [0.05, 0.1) is 5.60 Å². The predicted molar refractivity (Wildman–Crippen MR) is 52.7 cm³/mol. The van der Waals surface area contributed by atoms with Crippen molar-refractivity contribution >= 4 is 5.82 Å². The molecule has 0 atom stereocenters. The largest absolute Gasteiger partial charge is 0.483 e. The van der Waals surface area contributed by atoms with Crippen LogP contribution in [0.5, 0.6) is 5.75 Å². The summed E-state index contributed by atoms with van der Waals surface area (Å²) in [5.74, 6) is -0.286. The first-order valence-electron chi connectivity index (χ1n) is 4.35. The van der Waals surface area contributed by atoms with Crippen molar-refractivity contribution in [3.8, 4) is 5.75 Å². The van der Waals surface area contributed by atoms with Gasteiger partial charge in [0.15, 0.2) is 0 Å². The molecule has 1 aromatic heterocycles. The van der Waals surface area contributed by atoms with Crippen molar-refractivity contribution in [1.29, 1.82) is 0 Å². The van der Waals surface area contributed by atoms with E-state index in [0.717, 1.165) is 0 Å². The smallest absolute Gasteiger partial charge is 0.406 e. The average molecular weight is 212 g/mol. The Hall–Kier alpha value is -1.69. The molecule has 82 valence electrons. The molecule has 0 aliphatic rings. The molecule has 0 fully saturated rings. The normalized spacial score (nSPS) is 11.1. The summed E-state index contributed by atoms with van der Waals surface area (Å²) >= 11 is 0. The topological polar surface area (TPSA) is 85.5 Å². The minimum absolute atomic E-state index is 0.0282. The first-order valence-corrected chi connectivity index (χ1v) is 4.35. The Balaban J connectivity index is 2.81. The number of aromatic nitrogens is 1. The Morgan fingerprint density at radius 1 is 1.67 bits per heavy atom. The van der Waals surface area contributed by atoms with E-state index in [4.69, 9.17) is 4.74 Å². The fraction of sp³-hybridized carbons (Fsp3) is 0.444. The maximum atomic E-state index is 10.5. The van der Waals surface area contributed by atoms with Crippen LogP contribution in [0, 0.1) is 10.1 Å². The molecule has 0 saturated heterocycles. The van der Waals surface area contributed by atoms with Crippen molar-refractivity contribution in [3.63, 3.8) is 0 Å². The Morgan fingerprint density at radius 3 is 2.87 bits per heavy atom. The number of ether oxygens (including phenoxy) is 1. The number of hydrogen-bond acceptors (Lipinski definition) is 5. The van der Waals surface area contributed by atoms with Gasteiger partial charge in [0.1, 0.15) is 12.8 Å². The van der Waals surface area contributed by atoms with Crippen LogP contribution >= 0.6 is 0 Å². The van der Waals surface area contributed by atoms with Crippen LogP contribution in [0.25, 0.3) is 0 Å². The van der Waals surface area contributed by atoms with Crippen LogP contribution in [0.4, 0.5) is 5.82 Å². The SMILES string of the molecule is CC(C)(O)COc1cccnc1[N+](=O)[O-]. The summed E-state index contributed by atoms with van der Waals surface area (Å²) in [6.07, 6.45) is 1.31. The fourth-order valence-corrected chi connectivity index (χ4v) is 0.886.